The Balaban J connectivity index is 1.58. The molecule has 1 amide bonds. The van der Waals surface area contributed by atoms with Gasteiger partial charge in [-0.15, -0.1) is 0 Å². The van der Waals surface area contributed by atoms with Crippen LogP contribution in [0, 0.1) is 25.7 Å². The van der Waals surface area contributed by atoms with Crippen LogP contribution in [0.4, 0.5) is 0 Å². The lowest BCUT2D eigenvalue weighted by Crippen LogP contribution is -2.53. The van der Waals surface area contributed by atoms with Gasteiger partial charge in [0.2, 0.25) is 12.2 Å². The van der Waals surface area contributed by atoms with Crippen molar-refractivity contribution in [2.24, 2.45) is 11.8 Å². The van der Waals surface area contributed by atoms with Gasteiger partial charge in [-0.2, -0.15) is 0 Å². The summed E-state index contributed by atoms with van der Waals surface area (Å²) in [6.07, 6.45) is 0.0609. The third-order valence-corrected chi connectivity index (χ3v) is 6.82. The van der Waals surface area contributed by atoms with Crippen molar-refractivity contribution in [2.75, 3.05) is 0 Å². The largest absolute Gasteiger partial charge is 0.478 e. The van der Waals surface area contributed by atoms with E-state index in [0.717, 1.165) is 36.8 Å². The van der Waals surface area contributed by atoms with E-state index in [2.05, 4.69) is 5.32 Å². The Morgan fingerprint density at radius 3 is 1.89 bits per heavy atom. The molecule has 2 aliphatic rings. The molecule has 0 aliphatic heterocycles. The number of carboxylic acid groups (broad SMARTS) is 1. The van der Waals surface area contributed by atoms with Crippen molar-refractivity contribution in [1.82, 2.24) is 5.32 Å². The second-order valence-electron chi connectivity index (χ2n) is 9.52. The van der Waals surface area contributed by atoms with Gasteiger partial charge < -0.3 is 19.9 Å². The molecule has 35 heavy (non-hydrogen) atoms. The molecule has 2 bridgehead atoms. The molecule has 0 unspecified atom stereocenters. The minimum absolute atomic E-state index is 0.122. The van der Waals surface area contributed by atoms with E-state index in [0.29, 0.717) is 11.8 Å². The number of hydrogen-bond donors (Lipinski definition) is 2. The zero-order valence-corrected chi connectivity index (χ0v) is 19.7. The van der Waals surface area contributed by atoms with Crippen LogP contribution in [0.15, 0.2) is 48.5 Å². The number of carbonyl (C=O) groups is 4. The lowest BCUT2D eigenvalue weighted by atomic mass is 9.95. The Morgan fingerprint density at radius 2 is 1.43 bits per heavy atom. The monoisotopic (exact) mass is 479 g/mol. The molecular formula is C27H29NO7. The first-order valence-corrected chi connectivity index (χ1v) is 11.8. The van der Waals surface area contributed by atoms with Crippen LogP contribution >= 0.6 is 0 Å². The van der Waals surface area contributed by atoms with Gasteiger partial charge in [0.25, 0.3) is 5.91 Å². The van der Waals surface area contributed by atoms with Crippen molar-refractivity contribution in [3.8, 4) is 0 Å². The highest BCUT2D eigenvalue weighted by molar-refractivity contribution is 5.97. The first-order chi connectivity index (χ1) is 16.7. The fraction of sp³-hybridized carbons (Fsp3) is 0.407. The van der Waals surface area contributed by atoms with E-state index in [9.17, 15) is 24.3 Å². The molecule has 0 radical (unpaired) electrons. The summed E-state index contributed by atoms with van der Waals surface area (Å²) in [6.45, 7) is 3.57. The maximum Gasteiger partial charge on any atom is 0.349 e. The normalized spacial score (nSPS) is 22.2. The van der Waals surface area contributed by atoms with Crippen molar-refractivity contribution >= 4 is 23.8 Å². The zero-order valence-electron chi connectivity index (χ0n) is 19.7. The summed E-state index contributed by atoms with van der Waals surface area (Å²) in [7, 11) is 0. The summed E-state index contributed by atoms with van der Waals surface area (Å²) < 4.78 is 10.7. The van der Waals surface area contributed by atoms with Crippen LogP contribution in [0.1, 0.15) is 57.5 Å². The number of carboxylic acids is 1. The predicted octanol–water partition coefficient (Wildman–Crippen LogP) is 3.44. The molecule has 8 nitrogen and oxygen atoms in total. The van der Waals surface area contributed by atoms with Gasteiger partial charge in [-0.05, 0) is 69.2 Å². The van der Waals surface area contributed by atoms with Crippen LogP contribution < -0.4 is 5.32 Å². The second kappa shape index (κ2) is 10.3. The molecule has 2 aromatic rings. The van der Waals surface area contributed by atoms with E-state index >= 15 is 0 Å². The van der Waals surface area contributed by atoms with Gasteiger partial charge in [0, 0.05) is 6.04 Å². The van der Waals surface area contributed by atoms with Crippen LogP contribution in [0.2, 0.25) is 0 Å². The molecule has 5 atom stereocenters. The molecule has 0 aromatic heterocycles. The molecule has 2 N–H and O–H groups in total. The van der Waals surface area contributed by atoms with Crippen LogP contribution in [0.5, 0.6) is 0 Å². The molecule has 0 spiro atoms. The Kier molecular flexibility index (Phi) is 7.19. The fourth-order valence-electron chi connectivity index (χ4n) is 5.09. The summed E-state index contributed by atoms with van der Waals surface area (Å²) in [5.74, 6) is -3.32. The standard InChI is InChI=1S/C27H29NO7/c1-15-5-3-7-19(11-15)26(32)34-22(24(29)28-21-14-17-9-10-18(21)13-17)23(25(30)31)35-27(33)20-8-4-6-16(2)12-20/h3-8,11-12,17-18,21-23H,9-10,13-14H2,1-2H3,(H,28,29)(H,30,31)/t17-,18-,21+,22+,23-/m0/s1. The predicted molar refractivity (Wildman–Crippen MR) is 126 cm³/mol. The molecule has 184 valence electrons. The number of aryl methyl sites for hydroxylation is 2. The highest BCUT2D eigenvalue weighted by Gasteiger charge is 2.45. The molecule has 0 heterocycles. The number of carbonyl (C=O) groups excluding carboxylic acids is 3. The number of hydrogen-bond acceptors (Lipinski definition) is 6. The van der Waals surface area contributed by atoms with E-state index in [4.69, 9.17) is 9.47 Å². The highest BCUT2D eigenvalue weighted by atomic mass is 16.6. The Hall–Kier alpha value is -3.68. The van der Waals surface area contributed by atoms with Crippen LogP contribution in [-0.2, 0) is 19.1 Å². The number of esters is 2. The smallest absolute Gasteiger partial charge is 0.349 e. The van der Waals surface area contributed by atoms with Gasteiger partial charge in [-0.3, -0.25) is 4.79 Å². The van der Waals surface area contributed by atoms with Crippen molar-refractivity contribution < 1.29 is 33.8 Å². The van der Waals surface area contributed by atoms with E-state index in [-0.39, 0.29) is 17.2 Å². The van der Waals surface area contributed by atoms with Crippen molar-refractivity contribution in [3.05, 3.63) is 70.8 Å². The van der Waals surface area contributed by atoms with Crippen LogP contribution in [0.3, 0.4) is 0 Å². The van der Waals surface area contributed by atoms with Crippen LogP contribution in [-0.4, -0.2) is 47.2 Å². The molecule has 2 fully saturated rings. The maximum absolute atomic E-state index is 13.3. The zero-order chi connectivity index (χ0) is 25.1. The summed E-state index contributed by atoms with van der Waals surface area (Å²) in [4.78, 5) is 51.1. The van der Waals surface area contributed by atoms with Crippen LogP contribution in [0.25, 0.3) is 0 Å². The molecule has 2 saturated carbocycles. The number of ether oxygens (including phenoxy) is 2. The lowest BCUT2D eigenvalue weighted by molar-refractivity contribution is -0.159. The highest BCUT2D eigenvalue weighted by Crippen LogP contribution is 2.44. The maximum atomic E-state index is 13.3. The van der Waals surface area contributed by atoms with Crippen molar-refractivity contribution in [1.29, 1.82) is 0 Å². The number of fused-ring (bicyclic) bond motifs is 2. The summed E-state index contributed by atoms with van der Waals surface area (Å²) in [6, 6.07) is 12.9. The Morgan fingerprint density at radius 1 is 0.857 bits per heavy atom. The molecule has 0 saturated heterocycles. The van der Waals surface area contributed by atoms with E-state index in [1.54, 1.807) is 50.2 Å². The average molecular weight is 480 g/mol. The van der Waals surface area contributed by atoms with E-state index < -0.39 is 36.0 Å². The van der Waals surface area contributed by atoms with E-state index in [1.165, 1.54) is 12.1 Å². The molecule has 2 aliphatic carbocycles. The minimum atomic E-state index is -2.02. The first kappa shape index (κ1) is 24.4. The van der Waals surface area contributed by atoms with Gasteiger partial charge in [-0.25, -0.2) is 14.4 Å². The van der Waals surface area contributed by atoms with Crippen molar-refractivity contribution in [2.45, 2.75) is 57.8 Å². The quantitative estimate of drug-likeness (QED) is 0.557. The van der Waals surface area contributed by atoms with Gasteiger partial charge in [0.15, 0.2) is 0 Å². The molecule has 4 rings (SSSR count). The minimum Gasteiger partial charge on any atom is -0.478 e. The van der Waals surface area contributed by atoms with Gasteiger partial charge in [0.1, 0.15) is 0 Å². The fourth-order valence-corrected chi connectivity index (χ4v) is 5.09. The third-order valence-electron chi connectivity index (χ3n) is 6.82. The number of amides is 1. The average Bonchev–Trinajstić information content (AvgIpc) is 3.44. The Labute approximate surface area is 203 Å². The van der Waals surface area contributed by atoms with Crippen molar-refractivity contribution in [3.63, 3.8) is 0 Å². The lowest BCUT2D eigenvalue weighted by Gasteiger charge is -2.28. The molecule has 8 heteroatoms. The number of nitrogens with one attached hydrogen (secondary N) is 1. The summed E-state index contributed by atoms with van der Waals surface area (Å²) in [5, 5.41) is 12.8. The summed E-state index contributed by atoms with van der Waals surface area (Å²) in [5.41, 5.74) is 1.87. The number of rotatable bonds is 8. The SMILES string of the molecule is Cc1cccc(C(=O)O[C@H](C(=O)O)[C@@H](OC(=O)c2cccc(C)c2)C(=O)N[C@@H]2C[C@H]3CC[C@H]2C3)c1. The third kappa shape index (κ3) is 5.70. The Bertz CT molecular complexity index is 1140. The number of aliphatic carboxylic acids is 1. The summed E-state index contributed by atoms with van der Waals surface area (Å²) >= 11 is 0. The van der Waals surface area contributed by atoms with Gasteiger partial charge in [-0.1, -0.05) is 41.8 Å². The second-order valence-corrected chi connectivity index (χ2v) is 9.52. The molecule has 2 aromatic carbocycles. The van der Waals surface area contributed by atoms with Gasteiger partial charge >= 0.3 is 17.9 Å². The van der Waals surface area contributed by atoms with Gasteiger partial charge in [0.05, 0.1) is 11.1 Å². The molecular weight excluding hydrogens is 450 g/mol. The number of benzene rings is 2. The van der Waals surface area contributed by atoms with E-state index in [1.807, 2.05) is 0 Å². The topological polar surface area (TPSA) is 119 Å². The first-order valence-electron chi connectivity index (χ1n) is 11.8.